The van der Waals surface area contributed by atoms with Crippen LogP contribution >= 0.6 is 0 Å². The number of carbonyl (C=O) groups is 1. The zero-order valence-electron chi connectivity index (χ0n) is 27.4. The van der Waals surface area contributed by atoms with Crippen LogP contribution in [0, 0.1) is 12.8 Å². The summed E-state index contributed by atoms with van der Waals surface area (Å²) in [6.07, 6.45) is 5.88. The standard InChI is InChI=1S/C16H17N3O.C8H10O.2C4H10.C2H6.C2H4/c1-18-13-9-6-12(7-10-13)8-11-16(20)19-15-5-3-2-4-14(15)17;1-7-3-5-8(9-2)6-4-7;1-4(2)3;1-3-4-2;2*1-2/h2-11,18H,17H2,1H3,(H,19,20);3-6H,1-2H3;4H,1-3H3;3-4H2,1-2H3;1-2H3;1-2H2/b11-8+;;;;;. The number of nitrogens with two attached hydrogens (primary N) is 1. The number of para-hydroxylation sites is 2. The van der Waals surface area contributed by atoms with Crippen molar-refractivity contribution in [2.75, 3.05) is 30.5 Å². The van der Waals surface area contributed by atoms with E-state index in [2.05, 4.69) is 65.3 Å². The second-order valence-electron chi connectivity index (χ2n) is 9.03. The molecule has 0 aliphatic rings. The first-order chi connectivity index (χ1) is 19.7. The van der Waals surface area contributed by atoms with E-state index in [1.54, 1.807) is 25.3 Å². The number of carbonyl (C=O) groups excluding carboxylic acids is 1. The number of hydrogen-bond acceptors (Lipinski definition) is 4. The molecule has 5 nitrogen and oxygen atoms in total. The van der Waals surface area contributed by atoms with Crippen molar-refractivity contribution in [3.8, 4) is 5.75 Å². The molecule has 228 valence electrons. The predicted molar refractivity (Wildman–Crippen MR) is 186 cm³/mol. The summed E-state index contributed by atoms with van der Waals surface area (Å²) in [7, 11) is 3.53. The normalized spacial score (nSPS) is 8.95. The Hall–Kier alpha value is -3.99. The molecule has 0 aliphatic heterocycles. The lowest BCUT2D eigenvalue weighted by atomic mass is 10.2. The Kier molecular flexibility index (Phi) is 29.4. The van der Waals surface area contributed by atoms with Gasteiger partial charge in [-0.1, -0.05) is 103 Å². The van der Waals surface area contributed by atoms with Crippen molar-refractivity contribution in [1.29, 1.82) is 0 Å². The highest BCUT2D eigenvalue weighted by atomic mass is 16.5. The molecule has 41 heavy (non-hydrogen) atoms. The monoisotopic (exact) mass is 563 g/mol. The zero-order chi connectivity index (χ0) is 32.1. The highest BCUT2D eigenvalue weighted by molar-refractivity contribution is 6.03. The molecule has 0 atom stereocenters. The summed E-state index contributed by atoms with van der Waals surface area (Å²) in [6.45, 7) is 22.9. The number of amides is 1. The molecule has 0 aromatic heterocycles. The van der Waals surface area contributed by atoms with Gasteiger partial charge in [-0.15, -0.1) is 13.2 Å². The van der Waals surface area contributed by atoms with Crippen LogP contribution in [0.2, 0.25) is 0 Å². The minimum absolute atomic E-state index is 0.208. The van der Waals surface area contributed by atoms with Crippen LogP contribution in [0.1, 0.15) is 72.4 Å². The minimum Gasteiger partial charge on any atom is -0.497 e. The summed E-state index contributed by atoms with van der Waals surface area (Å²) in [5.74, 6) is 1.54. The maximum atomic E-state index is 11.8. The van der Waals surface area contributed by atoms with Crippen molar-refractivity contribution in [2.45, 2.75) is 68.2 Å². The number of rotatable bonds is 6. The Bertz CT molecular complexity index is 1020. The fraction of sp³-hybridized carbons (Fsp3) is 0.361. The first-order valence-electron chi connectivity index (χ1n) is 14.4. The highest BCUT2D eigenvalue weighted by Gasteiger charge is 2.00. The van der Waals surface area contributed by atoms with E-state index in [0.717, 1.165) is 22.9 Å². The molecule has 0 fully saturated rings. The van der Waals surface area contributed by atoms with Gasteiger partial charge in [-0.05, 0) is 60.9 Å². The van der Waals surface area contributed by atoms with Crippen LogP contribution in [0.4, 0.5) is 17.1 Å². The summed E-state index contributed by atoms with van der Waals surface area (Å²) >= 11 is 0. The van der Waals surface area contributed by atoms with Gasteiger partial charge in [-0.25, -0.2) is 0 Å². The number of hydrogen-bond donors (Lipinski definition) is 3. The van der Waals surface area contributed by atoms with Crippen molar-refractivity contribution in [2.24, 2.45) is 5.92 Å². The number of nitrogens with one attached hydrogen (secondary N) is 2. The van der Waals surface area contributed by atoms with E-state index in [-0.39, 0.29) is 5.91 Å². The molecule has 0 bridgehead atoms. The molecule has 3 rings (SSSR count). The predicted octanol–water partition coefficient (Wildman–Crippen LogP) is 10.3. The molecule has 3 aromatic rings. The third kappa shape index (κ3) is 24.8. The van der Waals surface area contributed by atoms with Crippen molar-refractivity contribution in [3.63, 3.8) is 0 Å². The first-order valence-corrected chi connectivity index (χ1v) is 14.4. The van der Waals surface area contributed by atoms with Crippen LogP contribution in [0.15, 0.2) is 92.0 Å². The van der Waals surface area contributed by atoms with Crippen LogP contribution in [0.25, 0.3) is 6.08 Å². The number of unbranched alkanes of at least 4 members (excludes halogenated alkanes) is 1. The smallest absolute Gasteiger partial charge is 0.248 e. The zero-order valence-corrected chi connectivity index (χ0v) is 27.4. The van der Waals surface area contributed by atoms with E-state index >= 15 is 0 Å². The van der Waals surface area contributed by atoms with Gasteiger partial charge in [0.05, 0.1) is 18.5 Å². The molecular formula is C36H57N3O2. The van der Waals surface area contributed by atoms with Crippen LogP contribution in [-0.2, 0) is 4.79 Å². The minimum atomic E-state index is -0.208. The average Bonchev–Trinajstić information content (AvgIpc) is 3.00. The van der Waals surface area contributed by atoms with Gasteiger partial charge in [0.1, 0.15) is 5.75 Å². The highest BCUT2D eigenvalue weighted by Crippen LogP contribution is 2.17. The topological polar surface area (TPSA) is 76.4 Å². The molecule has 4 N–H and O–H groups in total. The Morgan fingerprint density at radius 3 is 1.80 bits per heavy atom. The van der Waals surface area contributed by atoms with Crippen LogP contribution in [0.3, 0.4) is 0 Å². The summed E-state index contributed by atoms with van der Waals surface area (Å²) < 4.78 is 4.97. The SMILES string of the molecule is C=C.CC.CC(C)C.CCCC.CNc1ccc(/C=C/C(=O)Nc2ccccc2N)cc1.COc1ccc(C)cc1. The van der Waals surface area contributed by atoms with E-state index < -0.39 is 0 Å². The molecule has 1 amide bonds. The van der Waals surface area contributed by atoms with Gasteiger partial charge in [-0.2, -0.15) is 0 Å². The maximum absolute atomic E-state index is 11.8. The van der Waals surface area contributed by atoms with E-state index in [1.165, 1.54) is 24.5 Å². The average molecular weight is 564 g/mol. The second kappa shape index (κ2) is 29.0. The number of methoxy groups -OCH3 is 1. The fourth-order valence-electron chi connectivity index (χ4n) is 2.39. The lowest BCUT2D eigenvalue weighted by Gasteiger charge is -2.05. The Morgan fingerprint density at radius 1 is 0.902 bits per heavy atom. The number of anilines is 3. The number of aryl methyl sites for hydroxylation is 1. The van der Waals surface area contributed by atoms with E-state index in [9.17, 15) is 4.79 Å². The second-order valence-corrected chi connectivity index (χ2v) is 9.03. The first kappa shape index (κ1) is 41.5. The number of benzene rings is 3. The number of ether oxygens (including phenoxy) is 1. The third-order valence-electron chi connectivity index (χ3n) is 4.60. The molecule has 0 aliphatic carbocycles. The van der Waals surface area contributed by atoms with Gasteiger partial charge in [0, 0.05) is 18.8 Å². The van der Waals surface area contributed by atoms with Gasteiger partial charge in [0.25, 0.3) is 0 Å². The summed E-state index contributed by atoms with van der Waals surface area (Å²) in [4.78, 5) is 11.8. The Balaban J connectivity index is -0.000000568. The van der Waals surface area contributed by atoms with Gasteiger partial charge in [0.15, 0.2) is 0 Å². The molecule has 0 spiro atoms. The lowest BCUT2D eigenvalue weighted by molar-refractivity contribution is -0.111. The van der Waals surface area contributed by atoms with Crippen molar-refractivity contribution >= 4 is 29.0 Å². The van der Waals surface area contributed by atoms with E-state index in [0.29, 0.717) is 11.4 Å². The van der Waals surface area contributed by atoms with Crippen molar-refractivity contribution in [3.05, 3.63) is 103 Å². The summed E-state index contributed by atoms with van der Waals surface area (Å²) in [5, 5.41) is 5.78. The molecule has 0 saturated heterocycles. The van der Waals surface area contributed by atoms with Gasteiger partial charge >= 0.3 is 0 Å². The maximum Gasteiger partial charge on any atom is 0.248 e. The molecule has 0 heterocycles. The lowest BCUT2D eigenvalue weighted by Crippen LogP contribution is -2.09. The van der Waals surface area contributed by atoms with Crippen molar-refractivity contribution < 1.29 is 9.53 Å². The van der Waals surface area contributed by atoms with E-state index in [4.69, 9.17) is 10.5 Å². The molecule has 0 radical (unpaired) electrons. The quantitative estimate of drug-likeness (QED) is 0.158. The van der Waals surface area contributed by atoms with Crippen LogP contribution in [-0.4, -0.2) is 20.1 Å². The molecule has 0 saturated carbocycles. The Morgan fingerprint density at radius 2 is 1.39 bits per heavy atom. The summed E-state index contributed by atoms with van der Waals surface area (Å²) in [5.41, 5.74) is 10.2. The van der Waals surface area contributed by atoms with E-state index in [1.807, 2.05) is 81.6 Å². The molecule has 3 aromatic carbocycles. The van der Waals surface area contributed by atoms with Gasteiger partial charge < -0.3 is 21.1 Å². The molecular weight excluding hydrogens is 506 g/mol. The third-order valence-corrected chi connectivity index (χ3v) is 4.60. The van der Waals surface area contributed by atoms with Crippen LogP contribution in [0.5, 0.6) is 5.75 Å². The van der Waals surface area contributed by atoms with Crippen molar-refractivity contribution in [1.82, 2.24) is 0 Å². The largest absolute Gasteiger partial charge is 0.497 e. The summed E-state index contributed by atoms with van der Waals surface area (Å²) in [6, 6.07) is 22.9. The number of nitrogen functional groups attached to an aromatic ring is 1. The molecule has 0 unspecified atom stereocenters. The fourth-order valence-corrected chi connectivity index (χ4v) is 2.39. The Labute approximate surface area is 251 Å². The molecule has 5 heteroatoms. The van der Waals surface area contributed by atoms with Gasteiger partial charge in [0.2, 0.25) is 5.91 Å². The van der Waals surface area contributed by atoms with Crippen LogP contribution < -0.4 is 21.1 Å². The van der Waals surface area contributed by atoms with Gasteiger partial charge in [-0.3, -0.25) is 4.79 Å².